The minimum Gasteiger partial charge on any atom is -0.467 e. The van der Waals surface area contributed by atoms with Gasteiger partial charge >= 0.3 is 12.0 Å². The summed E-state index contributed by atoms with van der Waals surface area (Å²) in [5.41, 5.74) is 0. The van der Waals surface area contributed by atoms with Crippen molar-refractivity contribution < 1.29 is 9.47 Å². The fourth-order valence-electron chi connectivity index (χ4n) is 2.00. The Morgan fingerprint density at radius 3 is 2.29 bits per heavy atom. The molecule has 0 N–H and O–H groups in total. The number of hydrogen-bond donors (Lipinski definition) is 0. The molecule has 94 valence electrons. The van der Waals surface area contributed by atoms with Crippen molar-refractivity contribution in [2.24, 2.45) is 5.92 Å². The zero-order valence-electron chi connectivity index (χ0n) is 10.5. The maximum Gasteiger partial charge on any atom is 0.324 e. The molecule has 1 aromatic heterocycles. The molecule has 1 aliphatic heterocycles. The van der Waals surface area contributed by atoms with E-state index in [1.54, 1.807) is 0 Å². The topological polar surface area (TPSA) is 60.4 Å². The van der Waals surface area contributed by atoms with Gasteiger partial charge in [0.1, 0.15) is 0 Å². The highest BCUT2D eigenvalue weighted by Crippen LogP contribution is 2.24. The molecule has 0 spiro atoms. The van der Waals surface area contributed by atoms with Gasteiger partial charge in [0.25, 0.3) is 0 Å². The lowest BCUT2D eigenvalue weighted by atomic mass is 10.1. The van der Waals surface area contributed by atoms with Crippen molar-refractivity contribution in [3.05, 3.63) is 0 Å². The van der Waals surface area contributed by atoms with Gasteiger partial charge in [-0.15, -0.1) is 4.98 Å². The standard InChI is InChI=1S/C11H18N4O2/c1-4-8-5-6-15(7-8)9-12-10(16-2)14-11(13-9)17-3/h8H,4-7H2,1-3H3. The predicted molar refractivity (Wildman–Crippen MR) is 63.5 cm³/mol. The first-order chi connectivity index (χ1) is 8.26. The third-order valence-corrected chi connectivity index (χ3v) is 3.09. The van der Waals surface area contributed by atoms with E-state index in [2.05, 4.69) is 26.8 Å². The van der Waals surface area contributed by atoms with Crippen LogP contribution in [0.2, 0.25) is 0 Å². The van der Waals surface area contributed by atoms with Crippen LogP contribution < -0.4 is 14.4 Å². The lowest BCUT2D eigenvalue weighted by Gasteiger charge is -2.16. The van der Waals surface area contributed by atoms with Crippen LogP contribution in [0.15, 0.2) is 0 Å². The largest absolute Gasteiger partial charge is 0.467 e. The van der Waals surface area contributed by atoms with Gasteiger partial charge < -0.3 is 14.4 Å². The van der Waals surface area contributed by atoms with Gasteiger partial charge in [-0.1, -0.05) is 13.3 Å². The first-order valence-corrected chi connectivity index (χ1v) is 5.85. The summed E-state index contributed by atoms with van der Waals surface area (Å²) in [5, 5.41) is 0. The van der Waals surface area contributed by atoms with Crippen molar-refractivity contribution in [2.75, 3.05) is 32.2 Å². The van der Waals surface area contributed by atoms with Crippen molar-refractivity contribution in [2.45, 2.75) is 19.8 Å². The monoisotopic (exact) mass is 238 g/mol. The number of ether oxygens (including phenoxy) is 2. The number of methoxy groups -OCH3 is 2. The van der Waals surface area contributed by atoms with Gasteiger partial charge in [0, 0.05) is 13.1 Å². The Labute approximate surface area is 101 Å². The Balaban J connectivity index is 2.20. The zero-order valence-corrected chi connectivity index (χ0v) is 10.5. The van der Waals surface area contributed by atoms with Crippen LogP contribution in [0.5, 0.6) is 12.0 Å². The summed E-state index contributed by atoms with van der Waals surface area (Å²) in [6.07, 6.45) is 2.38. The summed E-state index contributed by atoms with van der Waals surface area (Å²) in [6.45, 7) is 4.18. The minimum atomic E-state index is 0.298. The molecule has 0 radical (unpaired) electrons. The molecule has 2 heterocycles. The third-order valence-electron chi connectivity index (χ3n) is 3.09. The molecule has 0 aliphatic carbocycles. The first kappa shape index (κ1) is 11.9. The molecule has 2 rings (SSSR count). The quantitative estimate of drug-likeness (QED) is 0.783. The Morgan fingerprint density at radius 2 is 1.82 bits per heavy atom. The van der Waals surface area contributed by atoms with Crippen LogP contribution in [-0.4, -0.2) is 42.3 Å². The Morgan fingerprint density at radius 1 is 1.18 bits per heavy atom. The van der Waals surface area contributed by atoms with Gasteiger partial charge in [-0.25, -0.2) is 0 Å². The van der Waals surface area contributed by atoms with Crippen LogP contribution in [0.4, 0.5) is 5.95 Å². The summed E-state index contributed by atoms with van der Waals surface area (Å²) in [4.78, 5) is 14.6. The molecule has 0 amide bonds. The van der Waals surface area contributed by atoms with E-state index in [-0.39, 0.29) is 0 Å². The highest BCUT2D eigenvalue weighted by molar-refractivity contribution is 5.33. The van der Waals surface area contributed by atoms with Gasteiger partial charge in [-0.3, -0.25) is 0 Å². The van der Waals surface area contributed by atoms with Gasteiger partial charge in [0.2, 0.25) is 5.95 Å². The van der Waals surface area contributed by atoms with Crippen LogP contribution in [0, 0.1) is 5.92 Å². The van der Waals surface area contributed by atoms with Crippen molar-refractivity contribution in [1.82, 2.24) is 15.0 Å². The van der Waals surface area contributed by atoms with Crippen LogP contribution in [0.1, 0.15) is 19.8 Å². The summed E-state index contributed by atoms with van der Waals surface area (Å²) < 4.78 is 10.1. The van der Waals surface area contributed by atoms with Crippen molar-refractivity contribution >= 4 is 5.95 Å². The fourth-order valence-corrected chi connectivity index (χ4v) is 2.00. The van der Waals surface area contributed by atoms with E-state index in [9.17, 15) is 0 Å². The molecule has 6 nitrogen and oxygen atoms in total. The molecule has 6 heteroatoms. The number of aromatic nitrogens is 3. The van der Waals surface area contributed by atoms with Crippen LogP contribution >= 0.6 is 0 Å². The van der Waals surface area contributed by atoms with E-state index in [1.165, 1.54) is 27.1 Å². The van der Waals surface area contributed by atoms with Gasteiger partial charge in [0.05, 0.1) is 14.2 Å². The maximum absolute atomic E-state index is 5.04. The lowest BCUT2D eigenvalue weighted by Crippen LogP contribution is -2.22. The van der Waals surface area contributed by atoms with E-state index in [1.807, 2.05) is 0 Å². The summed E-state index contributed by atoms with van der Waals surface area (Å²) >= 11 is 0. The molecule has 1 aliphatic rings. The van der Waals surface area contributed by atoms with E-state index >= 15 is 0 Å². The molecule has 0 aromatic carbocycles. The molecular weight excluding hydrogens is 220 g/mol. The van der Waals surface area contributed by atoms with Crippen LogP contribution in [0.3, 0.4) is 0 Å². The Bertz CT molecular complexity index is 363. The van der Waals surface area contributed by atoms with Crippen LogP contribution in [0.25, 0.3) is 0 Å². The molecule has 1 unspecified atom stereocenters. The molecule has 1 aromatic rings. The van der Waals surface area contributed by atoms with Crippen LogP contribution in [-0.2, 0) is 0 Å². The molecule has 0 saturated carbocycles. The normalized spacial score (nSPS) is 19.5. The third kappa shape index (κ3) is 2.57. The van der Waals surface area contributed by atoms with Crippen molar-refractivity contribution in [1.29, 1.82) is 0 Å². The summed E-state index contributed by atoms with van der Waals surface area (Å²) in [6, 6.07) is 0.596. The van der Waals surface area contributed by atoms with E-state index < -0.39 is 0 Å². The number of rotatable bonds is 4. The first-order valence-electron chi connectivity index (χ1n) is 5.85. The average Bonchev–Trinajstić information content (AvgIpc) is 2.86. The minimum absolute atomic E-state index is 0.298. The van der Waals surface area contributed by atoms with E-state index in [4.69, 9.17) is 9.47 Å². The van der Waals surface area contributed by atoms with Gasteiger partial charge in [0.15, 0.2) is 0 Å². The second kappa shape index (κ2) is 5.16. The second-order valence-electron chi connectivity index (χ2n) is 4.12. The summed E-state index contributed by atoms with van der Waals surface area (Å²) in [7, 11) is 3.08. The highest BCUT2D eigenvalue weighted by Gasteiger charge is 2.24. The van der Waals surface area contributed by atoms with Crippen molar-refractivity contribution in [3.8, 4) is 12.0 Å². The number of hydrogen-bond acceptors (Lipinski definition) is 6. The predicted octanol–water partition coefficient (Wildman–Crippen LogP) is 1.13. The molecule has 1 saturated heterocycles. The molecule has 0 bridgehead atoms. The Kier molecular flexibility index (Phi) is 3.61. The maximum atomic E-state index is 5.04. The number of anilines is 1. The number of nitrogens with zero attached hydrogens (tertiary/aromatic N) is 4. The van der Waals surface area contributed by atoms with Crippen molar-refractivity contribution in [3.63, 3.8) is 0 Å². The molecule has 1 fully saturated rings. The van der Waals surface area contributed by atoms with E-state index in [0.29, 0.717) is 18.0 Å². The SMILES string of the molecule is CCC1CCN(c2nc(OC)nc(OC)n2)C1. The lowest BCUT2D eigenvalue weighted by molar-refractivity contribution is 0.340. The zero-order chi connectivity index (χ0) is 12.3. The van der Waals surface area contributed by atoms with E-state index in [0.717, 1.165) is 19.0 Å². The fraction of sp³-hybridized carbons (Fsp3) is 0.727. The Hall–Kier alpha value is -1.59. The average molecular weight is 238 g/mol. The molecule has 17 heavy (non-hydrogen) atoms. The van der Waals surface area contributed by atoms with Gasteiger partial charge in [-0.05, 0) is 12.3 Å². The molecular formula is C11H18N4O2. The molecule has 1 atom stereocenters. The highest BCUT2D eigenvalue weighted by atomic mass is 16.5. The summed E-state index contributed by atoms with van der Waals surface area (Å²) in [5.74, 6) is 1.37. The van der Waals surface area contributed by atoms with Gasteiger partial charge in [-0.2, -0.15) is 9.97 Å². The smallest absolute Gasteiger partial charge is 0.324 e. The second-order valence-corrected chi connectivity index (χ2v) is 4.12.